The molecule has 0 spiro atoms. The van der Waals surface area contributed by atoms with Crippen LogP contribution in [-0.4, -0.2) is 6.61 Å². The molecule has 0 amide bonds. The number of ether oxygens (including phenoxy) is 1. The Bertz CT molecular complexity index is 635. The molecule has 0 radical (unpaired) electrons. The Labute approximate surface area is 127 Å². The van der Waals surface area contributed by atoms with Crippen molar-refractivity contribution in [3.8, 4) is 5.75 Å². The fourth-order valence-corrected chi connectivity index (χ4v) is 3.29. The maximum absolute atomic E-state index is 6.29. The van der Waals surface area contributed by atoms with Crippen LogP contribution in [0.5, 0.6) is 5.75 Å². The maximum atomic E-state index is 6.29. The summed E-state index contributed by atoms with van der Waals surface area (Å²) >= 11 is 0. The van der Waals surface area contributed by atoms with E-state index in [0.717, 1.165) is 29.4 Å². The van der Waals surface area contributed by atoms with E-state index >= 15 is 0 Å². The third-order valence-electron chi connectivity index (χ3n) is 4.53. The van der Waals surface area contributed by atoms with Crippen LogP contribution in [-0.2, 0) is 0 Å². The van der Waals surface area contributed by atoms with Crippen molar-refractivity contribution in [3.05, 3.63) is 48.5 Å². The van der Waals surface area contributed by atoms with Crippen molar-refractivity contribution < 1.29 is 4.74 Å². The molecular formula is C20H24O. The molecule has 3 rings (SSSR count). The second kappa shape index (κ2) is 6.34. The SMILES string of the molecule is C=C(C)c1ccc2ccccc2c1OCC1CCCCC1. The van der Waals surface area contributed by atoms with E-state index in [4.69, 9.17) is 4.74 Å². The Morgan fingerprint density at radius 3 is 2.62 bits per heavy atom. The summed E-state index contributed by atoms with van der Waals surface area (Å²) in [6, 6.07) is 12.8. The van der Waals surface area contributed by atoms with E-state index in [-0.39, 0.29) is 0 Å². The average molecular weight is 280 g/mol. The van der Waals surface area contributed by atoms with E-state index in [9.17, 15) is 0 Å². The number of allylic oxidation sites excluding steroid dienone is 1. The first-order valence-corrected chi connectivity index (χ1v) is 8.06. The molecule has 110 valence electrons. The summed E-state index contributed by atoms with van der Waals surface area (Å²) in [5, 5.41) is 2.44. The predicted octanol–water partition coefficient (Wildman–Crippen LogP) is 5.83. The van der Waals surface area contributed by atoms with E-state index in [1.807, 2.05) is 0 Å². The summed E-state index contributed by atoms with van der Waals surface area (Å²) in [5.41, 5.74) is 2.21. The van der Waals surface area contributed by atoms with Crippen LogP contribution in [0.3, 0.4) is 0 Å². The van der Waals surface area contributed by atoms with Crippen molar-refractivity contribution in [1.82, 2.24) is 0 Å². The van der Waals surface area contributed by atoms with Gasteiger partial charge in [-0.15, -0.1) is 0 Å². The van der Waals surface area contributed by atoms with Crippen LogP contribution < -0.4 is 4.74 Å². The van der Waals surface area contributed by atoms with Gasteiger partial charge in [0.15, 0.2) is 0 Å². The molecule has 1 aliphatic rings. The number of fused-ring (bicyclic) bond motifs is 1. The molecule has 0 heterocycles. The monoisotopic (exact) mass is 280 g/mol. The topological polar surface area (TPSA) is 9.23 Å². The zero-order valence-electron chi connectivity index (χ0n) is 12.9. The fraction of sp³-hybridized carbons (Fsp3) is 0.400. The molecule has 1 aliphatic carbocycles. The highest BCUT2D eigenvalue weighted by Gasteiger charge is 2.16. The van der Waals surface area contributed by atoms with Gasteiger partial charge in [-0.2, -0.15) is 0 Å². The van der Waals surface area contributed by atoms with Crippen molar-refractivity contribution in [2.24, 2.45) is 5.92 Å². The molecule has 2 aromatic rings. The van der Waals surface area contributed by atoms with E-state index < -0.39 is 0 Å². The van der Waals surface area contributed by atoms with Gasteiger partial charge in [0.05, 0.1) is 6.61 Å². The van der Waals surface area contributed by atoms with Gasteiger partial charge in [-0.05, 0) is 36.6 Å². The van der Waals surface area contributed by atoms with Crippen LogP contribution in [0.15, 0.2) is 43.0 Å². The summed E-state index contributed by atoms with van der Waals surface area (Å²) in [6.45, 7) is 7.00. The zero-order valence-corrected chi connectivity index (χ0v) is 12.9. The molecule has 0 atom stereocenters. The third-order valence-corrected chi connectivity index (χ3v) is 4.53. The highest BCUT2D eigenvalue weighted by atomic mass is 16.5. The quantitative estimate of drug-likeness (QED) is 0.684. The smallest absolute Gasteiger partial charge is 0.134 e. The van der Waals surface area contributed by atoms with Gasteiger partial charge in [-0.3, -0.25) is 0 Å². The third kappa shape index (κ3) is 3.12. The first kappa shape index (κ1) is 14.2. The molecule has 0 unspecified atom stereocenters. The van der Waals surface area contributed by atoms with Gasteiger partial charge in [0.25, 0.3) is 0 Å². The minimum atomic E-state index is 0.718. The lowest BCUT2D eigenvalue weighted by atomic mass is 9.90. The van der Waals surface area contributed by atoms with Gasteiger partial charge in [-0.1, -0.05) is 62.2 Å². The van der Waals surface area contributed by atoms with E-state index in [1.54, 1.807) is 0 Å². The van der Waals surface area contributed by atoms with Crippen LogP contribution in [0.25, 0.3) is 16.3 Å². The molecule has 0 aromatic heterocycles. The summed E-state index contributed by atoms with van der Waals surface area (Å²) in [4.78, 5) is 0. The van der Waals surface area contributed by atoms with E-state index in [2.05, 4.69) is 49.9 Å². The van der Waals surface area contributed by atoms with Gasteiger partial charge in [0.1, 0.15) is 5.75 Å². The standard InChI is InChI=1S/C20H24O/c1-15(2)18-13-12-17-10-6-7-11-19(17)20(18)21-14-16-8-4-3-5-9-16/h6-7,10-13,16H,1,3-5,8-9,14H2,2H3. The number of benzene rings is 2. The van der Waals surface area contributed by atoms with Crippen molar-refractivity contribution in [1.29, 1.82) is 0 Å². The second-order valence-electron chi connectivity index (χ2n) is 6.26. The molecule has 0 N–H and O–H groups in total. The minimum absolute atomic E-state index is 0.718. The first-order valence-electron chi connectivity index (χ1n) is 8.06. The van der Waals surface area contributed by atoms with Crippen LogP contribution in [0.4, 0.5) is 0 Å². The summed E-state index contributed by atoms with van der Waals surface area (Å²) in [7, 11) is 0. The highest BCUT2D eigenvalue weighted by molar-refractivity contribution is 5.93. The maximum Gasteiger partial charge on any atom is 0.134 e. The summed E-state index contributed by atoms with van der Waals surface area (Å²) in [5.74, 6) is 1.74. The van der Waals surface area contributed by atoms with Crippen molar-refractivity contribution in [2.45, 2.75) is 39.0 Å². The number of rotatable bonds is 4. The van der Waals surface area contributed by atoms with Crippen LogP contribution in [0, 0.1) is 5.92 Å². The first-order chi connectivity index (χ1) is 10.3. The fourth-order valence-electron chi connectivity index (χ4n) is 3.29. The van der Waals surface area contributed by atoms with Gasteiger partial charge < -0.3 is 4.74 Å². The van der Waals surface area contributed by atoms with Gasteiger partial charge in [0.2, 0.25) is 0 Å². The Morgan fingerprint density at radius 2 is 1.86 bits per heavy atom. The normalized spacial score (nSPS) is 16.0. The lowest BCUT2D eigenvalue weighted by molar-refractivity contribution is 0.210. The van der Waals surface area contributed by atoms with Gasteiger partial charge in [0, 0.05) is 10.9 Å². The Balaban J connectivity index is 1.90. The number of hydrogen-bond donors (Lipinski definition) is 0. The number of hydrogen-bond acceptors (Lipinski definition) is 1. The lowest BCUT2D eigenvalue weighted by Gasteiger charge is -2.23. The molecule has 1 heteroatoms. The van der Waals surface area contributed by atoms with Gasteiger partial charge >= 0.3 is 0 Å². The van der Waals surface area contributed by atoms with Crippen molar-refractivity contribution >= 4 is 16.3 Å². The molecule has 0 saturated heterocycles. The van der Waals surface area contributed by atoms with Crippen LogP contribution in [0.1, 0.15) is 44.6 Å². The Morgan fingerprint density at radius 1 is 1.10 bits per heavy atom. The molecule has 2 aromatic carbocycles. The Kier molecular flexibility index (Phi) is 4.28. The Hall–Kier alpha value is -1.76. The molecule has 0 bridgehead atoms. The average Bonchev–Trinajstić information content (AvgIpc) is 2.53. The zero-order chi connectivity index (χ0) is 14.7. The van der Waals surface area contributed by atoms with E-state index in [1.165, 1.54) is 42.9 Å². The van der Waals surface area contributed by atoms with E-state index in [0.29, 0.717) is 0 Å². The molecule has 1 fully saturated rings. The molecular weight excluding hydrogens is 256 g/mol. The summed E-state index contributed by atoms with van der Waals surface area (Å²) in [6.07, 6.45) is 6.73. The molecule has 1 nitrogen and oxygen atoms in total. The lowest BCUT2D eigenvalue weighted by Crippen LogP contribution is -2.15. The molecule has 0 aliphatic heterocycles. The van der Waals surface area contributed by atoms with Gasteiger partial charge in [-0.25, -0.2) is 0 Å². The molecule has 1 saturated carbocycles. The van der Waals surface area contributed by atoms with Crippen LogP contribution >= 0.6 is 0 Å². The second-order valence-corrected chi connectivity index (χ2v) is 6.26. The van der Waals surface area contributed by atoms with Crippen LogP contribution in [0.2, 0.25) is 0 Å². The largest absolute Gasteiger partial charge is 0.492 e. The molecule has 21 heavy (non-hydrogen) atoms. The summed E-state index contributed by atoms with van der Waals surface area (Å²) < 4.78 is 6.29. The van der Waals surface area contributed by atoms with Crippen molar-refractivity contribution in [3.63, 3.8) is 0 Å². The van der Waals surface area contributed by atoms with Crippen molar-refractivity contribution in [2.75, 3.05) is 6.61 Å². The predicted molar refractivity (Wildman–Crippen MR) is 90.7 cm³/mol. The highest BCUT2D eigenvalue weighted by Crippen LogP contribution is 2.34. The minimum Gasteiger partial charge on any atom is -0.492 e.